The summed E-state index contributed by atoms with van der Waals surface area (Å²) in [6, 6.07) is 1.85. The highest BCUT2D eigenvalue weighted by Crippen LogP contribution is 2.20. The number of urea groups is 1. The van der Waals surface area contributed by atoms with Crippen LogP contribution in [0.2, 0.25) is 0 Å². The first-order chi connectivity index (χ1) is 11.3. The van der Waals surface area contributed by atoms with E-state index in [1.54, 1.807) is 12.1 Å². The second-order valence-corrected chi connectivity index (χ2v) is 5.33. The minimum atomic E-state index is -1.96. The summed E-state index contributed by atoms with van der Waals surface area (Å²) in [6.07, 6.45) is -0.841. The first-order valence-electron chi connectivity index (χ1n) is 7.04. The molecule has 2 rings (SSSR count). The summed E-state index contributed by atoms with van der Waals surface area (Å²) in [6.45, 7) is 2.93. The Labute approximate surface area is 136 Å². The molecule has 9 nitrogen and oxygen atoms in total. The van der Waals surface area contributed by atoms with Crippen LogP contribution >= 0.6 is 0 Å². The lowest BCUT2D eigenvalue weighted by molar-refractivity contribution is -0.171. The van der Waals surface area contributed by atoms with Gasteiger partial charge in [-0.05, 0) is 12.1 Å². The maximum Gasteiger partial charge on any atom is 0.325 e. The van der Waals surface area contributed by atoms with E-state index in [9.17, 15) is 24.0 Å². The summed E-state index contributed by atoms with van der Waals surface area (Å²) < 4.78 is 23.1. The van der Waals surface area contributed by atoms with Crippen molar-refractivity contribution in [3.8, 4) is 0 Å². The number of carbonyl (C=O) groups is 3. The minimum absolute atomic E-state index is 0.291. The Hall–Kier alpha value is -2.75. The number of halogens is 1. The molecule has 1 aliphatic rings. The average Bonchev–Trinajstić information content (AvgIpc) is 3.03. The second-order valence-electron chi connectivity index (χ2n) is 5.33. The van der Waals surface area contributed by atoms with E-state index >= 15 is 0 Å². The van der Waals surface area contributed by atoms with Crippen LogP contribution in [0.15, 0.2) is 27.8 Å². The van der Waals surface area contributed by atoms with Crippen molar-refractivity contribution in [1.82, 2.24) is 10.4 Å². The summed E-state index contributed by atoms with van der Waals surface area (Å²) in [5, 5.41) is 13.0. The molecule has 0 spiro atoms. The Morgan fingerprint density at radius 2 is 2.25 bits per heavy atom. The van der Waals surface area contributed by atoms with Crippen molar-refractivity contribution < 1.29 is 27.9 Å². The number of ether oxygens (including phenoxy) is 1. The van der Waals surface area contributed by atoms with Gasteiger partial charge in [-0.1, -0.05) is 13.8 Å². The van der Waals surface area contributed by atoms with Gasteiger partial charge in [0, 0.05) is 5.92 Å². The largest absolute Gasteiger partial charge is 0.748 e. The average molecular weight is 340 g/mol. The van der Waals surface area contributed by atoms with Crippen molar-refractivity contribution in [1.29, 1.82) is 0 Å². The maximum absolute atomic E-state index is 13.6. The normalized spacial score (nSPS) is 22.8. The van der Waals surface area contributed by atoms with Gasteiger partial charge in [0.15, 0.2) is 5.92 Å². The molecule has 1 N–H and O–H groups in total. The number of hydrogen-bond acceptors (Lipinski definition) is 7. The molecule has 1 saturated heterocycles. The van der Waals surface area contributed by atoms with E-state index in [2.05, 4.69) is 15.0 Å². The van der Waals surface area contributed by atoms with Crippen molar-refractivity contribution in [3.05, 3.63) is 29.4 Å². The number of amides is 3. The molecule has 10 heteroatoms. The van der Waals surface area contributed by atoms with E-state index in [0.717, 1.165) is 6.21 Å². The number of esters is 1. The number of nitrogens with one attached hydrogen (secondary N) is 1. The Balaban J connectivity index is 2.22. The number of aliphatic imine (C=N–C) groups is 1. The quantitative estimate of drug-likeness (QED) is 0.487. The third kappa shape index (κ3) is 3.77. The van der Waals surface area contributed by atoms with Gasteiger partial charge in [-0.25, -0.2) is 9.18 Å². The predicted molar refractivity (Wildman–Crippen MR) is 78.2 cm³/mol. The molecular weight excluding hydrogens is 325 g/mol. The zero-order chi connectivity index (χ0) is 17.9. The number of rotatable bonds is 5. The van der Waals surface area contributed by atoms with Crippen LogP contribution in [-0.4, -0.2) is 41.7 Å². The molecule has 1 aliphatic heterocycles. The van der Waals surface area contributed by atoms with Gasteiger partial charge in [-0.15, -0.1) is 0 Å². The minimum Gasteiger partial charge on any atom is -0.748 e. The van der Waals surface area contributed by atoms with E-state index in [-0.39, 0.29) is 0 Å². The van der Waals surface area contributed by atoms with Gasteiger partial charge < -0.3 is 24.7 Å². The number of hydroxylamine groups is 2. The van der Waals surface area contributed by atoms with Crippen molar-refractivity contribution in [3.63, 3.8) is 0 Å². The first kappa shape index (κ1) is 17.6. The van der Waals surface area contributed by atoms with Crippen LogP contribution in [0, 0.1) is 17.0 Å². The van der Waals surface area contributed by atoms with Gasteiger partial charge in [-0.3, -0.25) is 14.6 Å². The molecule has 0 saturated carbocycles. The fourth-order valence-corrected chi connectivity index (χ4v) is 1.82. The lowest BCUT2D eigenvalue weighted by Gasteiger charge is -2.37. The molecule has 1 aromatic heterocycles. The Morgan fingerprint density at radius 1 is 1.54 bits per heavy atom. The van der Waals surface area contributed by atoms with Crippen LogP contribution in [0.5, 0.6) is 0 Å². The van der Waals surface area contributed by atoms with Crippen LogP contribution in [0.1, 0.15) is 19.6 Å². The number of hydrogen-bond donors (Lipinski definition) is 1. The van der Waals surface area contributed by atoms with Crippen LogP contribution < -0.4 is 5.32 Å². The number of furan rings is 1. The smallest absolute Gasteiger partial charge is 0.325 e. The molecule has 1 fully saturated rings. The molecule has 3 unspecified atom stereocenters. The van der Waals surface area contributed by atoms with Gasteiger partial charge in [0.25, 0.3) is 0 Å². The third-order valence-electron chi connectivity index (χ3n) is 3.15. The summed E-state index contributed by atoms with van der Waals surface area (Å²) in [5.41, 5.74) is 0. The zero-order valence-electron chi connectivity index (χ0n) is 12.8. The molecule has 0 aliphatic carbocycles. The Kier molecular flexibility index (Phi) is 5.29. The first-order valence-corrected chi connectivity index (χ1v) is 7.04. The molecule has 24 heavy (non-hydrogen) atoms. The SMILES string of the molecule is CC(C)C(F)OC(=O)C1C(=O)N([O-])C(=O)NC1N=Cc1ccco1. The molecule has 130 valence electrons. The van der Waals surface area contributed by atoms with E-state index in [4.69, 9.17) is 4.42 Å². The van der Waals surface area contributed by atoms with Crippen LogP contribution in [0.3, 0.4) is 0 Å². The van der Waals surface area contributed by atoms with E-state index < -0.39 is 47.3 Å². The summed E-state index contributed by atoms with van der Waals surface area (Å²) in [5.74, 6) is -4.80. The highest BCUT2D eigenvalue weighted by atomic mass is 19.1. The second kappa shape index (κ2) is 7.21. The Bertz CT molecular complexity index is 645. The number of alkyl halides is 1. The summed E-state index contributed by atoms with van der Waals surface area (Å²) in [4.78, 5) is 39.3. The molecule has 3 atom stereocenters. The molecule has 0 aromatic carbocycles. The molecule has 0 bridgehead atoms. The molecule has 2 heterocycles. The molecule has 0 radical (unpaired) electrons. The maximum atomic E-state index is 13.6. The number of nitrogens with zero attached hydrogens (tertiary/aromatic N) is 2. The van der Waals surface area contributed by atoms with E-state index in [1.165, 1.54) is 20.1 Å². The van der Waals surface area contributed by atoms with Gasteiger partial charge in [-0.2, -0.15) is 0 Å². The molecule has 1 aromatic rings. The lowest BCUT2D eigenvalue weighted by Crippen LogP contribution is -2.60. The van der Waals surface area contributed by atoms with Gasteiger partial charge in [0.2, 0.25) is 12.3 Å². The lowest BCUT2D eigenvalue weighted by atomic mass is 10.0. The van der Waals surface area contributed by atoms with Crippen molar-refractivity contribution in [2.24, 2.45) is 16.8 Å². The standard InChI is InChI=1S/C14H15FN3O6/c1-7(2)10(15)24-13(20)9-11(16-6-8-4-3-5-23-8)17-14(21)18(22)12(9)19/h3-7,9-11H,1-2H3,(H,17,21)/q-1. The topological polar surface area (TPSA) is 124 Å². The summed E-state index contributed by atoms with van der Waals surface area (Å²) >= 11 is 0. The number of carbonyl (C=O) groups excluding carboxylic acids is 3. The van der Waals surface area contributed by atoms with Crippen molar-refractivity contribution >= 4 is 24.1 Å². The highest BCUT2D eigenvalue weighted by molar-refractivity contribution is 6.08. The van der Waals surface area contributed by atoms with Crippen molar-refractivity contribution in [2.45, 2.75) is 26.4 Å². The van der Waals surface area contributed by atoms with Crippen LogP contribution in [0.25, 0.3) is 0 Å². The van der Waals surface area contributed by atoms with Crippen molar-refractivity contribution in [2.75, 3.05) is 0 Å². The Morgan fingerprint density at radius 3 is 2.83 bits per heavy atom. The van der Waals surface area contributed by atoms with E-state index in [1.807, 2.05) is 0 Å². The van der Waals surface area contributed by atoms with Crippen LogP contribution in [0.4, 0.5) is 9.18 Å². The predicted octanol–water partition coefficient (Wildman–Crippen LogP) is 1.19. The van der Waals surface area contributed by atoms with E-state index in [0.29, 0.717) is 5.76 Å². The van der Waals surface area contributed by atoms with Crippen LogP contribution in [-0.2, 0) is 14.3 Å². The van der Waals surface area contributed by atoms with Gasteiger partial charge >= 0.3 is 12.0 Å². The van der Waals surface area contributed by atoms with Gasteiger partial charge in [0.1, 0.15) is 11.9 Å². The molecule has 3 amide bonds. The monoisotopic (exact) mass is 340 g/mol. The third-order valence-corrected chi connectivity index (χ3v) is 3.15. The van der Waals surface area contributed by atoms with Gasteiger partial charge in [0.05, 0.1) is 12.5 Å². The highest BCUT2D eigenvalue weighted by Gasteiger charge is 2.44. The fraction of sp³-hybridized carbons (Fsp3) is 0.429. The molecular formula is C14H15FN3O6-. The fourth-order valence-electron chi connectivity index (χ4n) is 1.82. The zero-order valence-corrected chi connectivity index (χ0v) is 12.8. The summed E-state index contributed by atoms with van der Waals surface area (Å²) in [7, 11) is 0. The number of imide groups is 1.